The van der Waals surface area contributed by atoms with Gasteiger partial charge in [0, 0.05) is 54.2 Å². The molecule has 0 aliphatic carbocycles. The van der Waals surface area contributed by atoms with Crippen molar-refractivity contribution in [2.24, 2.45) is 10.5 Å². The molecule has 0 aromatic heterocycles. The molecule has 1 fully saturated rings. The molecule has 41 heavy (non-hydrogen) atoms. The van der Waals surface area contributed by atoms with Gasteiger partial charge in [-0.15, -0.1) is 4.59 Å². The van der Waals surface area contributed by atoms with Crippen molar-refractivity contribution in [3.05, 3.63) is 83.7 Å². The number of nitrogens with one attached hydrogen (secondary N) is 1. The van der Waals surface area contributed by atoms with Crippen molar-refractivity contribution in [3.63, 3.8) is 0 Å². The molecule has 1 unspecified atom stereocenters. The minimum atomic E-state index is -0.704. The Morgan fingerprint density at radius 2 is 1.68 bits per heavy atom. The smallest absolute Gasteiger partial charge is 0.300 e. The van der Waals surface area contributed by atoms with E-state index in [0.717, 1.165) is 55.2 Å². The Kier molecular flexibility index (Phi) is 8.09. The number of benzene rings is 3. The molecular formula is C33H39N4O4+. The van der Waals surface area contributed by atoms with Crippen LogP contribution in [0.3, 0.4) is 0 Å². The fourth-order valence-electron chi connectivity index (χ4n) is 5.10. The van der Waals surface area contributed by atoms with E-state index in [2.05, 4.69) is 31.0 Å². The normalized spacial score (nSPS) is 19.5. The molecule has 1 amide bonds. The number of allylic oxidation sites excluding steroid dienone is 1. The van der Waals surface area contributed by atoms with Crippen LogP contribution < -0.4 is 14.6 Å². The first-order valence-electron chi connectivity index (χ1n) is 14.1. The van der Waals surface area contributed by atoms with Gasteiger partial charge in [-0.3, -0.25) is 19.8 Å². The highest BCUT2D eigenvalue weighted by Crippen LogP contribution is 2.35. The van der Waals surface area contributed by atoms with Crippen molar-refractivity contribution in [1.82, 2.24) is 14.8 Å². The quantitative estimate of drug-likeness (QED) is 0.239. The van der Waals surface area contributed by atoms with Crippen LogP contribution >= 0.6 is 0 Å². The van der Waals surface area contributed by atoms with Gasteiger partial charge in [0.25, 0.3) is 5.78 Å². The van der Waals surface area contributed by atoms with Crippen molar-refractivity contribution in [2.75, 3.05) is 46.5 Å². The molecule has 1 N–H and O–H groups in total. The van der Waals surface area contributed by atoms with Crippen molar-refractivity contribution >= 4 is 33.9 Å². The Hall–Kier alpha value is -3.85. The maximum Gasteiger partial charge on any atom is 0.300 e. The number of Topliss-reactive ketones (excluding diaryl/α,β-unsaturated/α-hetero) is 1. The number of ketones is 1. The summed E-state index contributed by atoms with van der Waals surface area (Å²) in [5.74, 6) is -0.0912. The Morgan fingerprint density at radius 1 is 1.00 bits per heavy atom. The van der Waals surface area contributed by atoms with Gasteiger partial charge in [0.05, 0.1) is 13.2 Å². The van der Waals surface area contributed by atoms with Gasteiger partial charge >= 0.3 is 5.91 Å². The number of hydrogen-bond donors (Lipinski definition) is 1. The number of aryl methyl sites for hydroxylation is 1. The van der Waals surface area contributed by atoms with Crippen LogP contribution in [0.2, 0.25) is 0 Å². The molecule has 3 aromatic rings. The lowest BCUT2D eigenvalue weighted by molar-refractivity contribution is -0.116. The number of amides is 1. The zero-order valence-electron chi connectivity index (χ0n) is 24.6. The summed E-state index contributed by atoms with van der Waals surface area (Å²) in [6, 6.07) is 19.0. The van der Waals surface area contributed by atoms with Crippen molar-refractivity contribution in [3.8, 4) is 5.75 Å². The maximum atomic E-state index is 13.6. The molecule has 1 atom stereocenters. The topological polar surface area (TPSA) is 80.2 Å². The first kappa shape index (κ1) is 28.7. The summed E-state index contributed by atoms with van der Waals surface area (Å²) < 4.78 is 11.6. The summed E-state index contributed by atoms with van der Waals surface area (Å²) in [6.45, 7) is 12.9. The summed E-state index contributed by atoms with van der Waals surface area (Å²) in [5.41, 5.74) is 2.95. The molecule has 2 aliphatic rings. The molecule has 0 saturated carbocycles. The lowest BCUT2D eigenvalue weighted by atomic mass is 9.90. The van der Waals surface area contributed by atoms with Gasteiger partial charge < -0.3 is 9.47 Å². The number of morpholine rings is 1. The number of rotatable bonds is 8. The van der Waals surface area contributed by atoms with Crippen LogP contribution in [0.5, 0.6) is 5.75 Å². The fourth-order valence-corrected chi connectivity index (χ4v) is 5.10. The molecule has 2 aliphatic heterocycles. The average Bonchev–Trinajstić information content (AvgIpc) is 3.31. The second-order valence-electron chi connectivity index (χ2n) is 11.8. The molecule has 0 spiro atoms. The van der Waals surface area contributed by atoms with Crippen LogP contribution in [0.4, 0.5) is 5.69 Å². The number of ether oxygens (including phenoxy) is 2. The molecule has 5 rings (SSSR count). The van der Waals surface area contributed by atoms with Crippen LogP contribution in [0.1, 0.15) is 36.7 Å². The SMILES string of the molecule is Cc1ccc([N+]2(C)N=C(C(C)(C)C)C=C2NC(=O)C(=O)c2ccc(OCCN3CCOCC3)c3ccccc23)cc1. The predicted octanol–water partition coefficient (Wildman–Crippen LogP) is 5.05. The molecular weight excluding hydrogens is 516 g/mol. The zero-order chi connectivity index (χ0) is 29.2. The van der Waals surface area contributed by atoms with Crippen LogP contribution in [0.15, 0.2) is 77.7 Å². The number of carbonyl (C=O) groups is 2. The van der Waals surface area contributed by atoms with Crippen LogP contribution in [0.25, 0.3) is 10.8 Å². The van der Waals surface area contributed by atoms with E-state index >= 15 is 0 Å². The van der Waals surface area contributed by atoms with Gasteiger partial charge in [0.2, 0.25) is 5.82 Å². The largest absolute Gasteiger partial charge is 0.492 e. The van der Waals surface area contributed by atoms with Crippen molar-refractivity contribution in [1.29, 1.82) is 0 Å². The van der Waals surface area contributed by atoms with E-state index < -0.39 is 11.7 Å². The Bertz CT molecular complexity index is 1510. The van der Waals surface area contributed by atoms with Gasteiger partial charge in [0.1, 0.15) is 25.1 Å². The first-order chi connectivity index (χ1) is 19.6. The number of fused-ring (bicyclic) bond motifs is 1. The highest BCUT2D eigenvalue weighted by molar-refractivity contribution is 6.45. The number of carbonyl (C=O) groups excluding carboxylic acids is 2. The van der Waals surface area contributed by atoms with Crippen LogP contribution in [-0.2, 0) is 9.53 Å². The Morgan fingerprint density at radius 3 is 2.37 bits per heavy atom. The molecule has 0 radical (unpaired) electrons. The second kappa shape index (κ2) is 11.6. The maximum absolute atomic E-state index is 13.6. The van der Waals surface area contributed by atoms with E-state index in [1.54, 1.807) is 12.1 Å². The summed E-state index contributed by atoms with van der Waals surface area (Å²) in [5, 5.41) is 9.38. The summed E-state index contributed by atoms with van der Waals surface area (Å²) in [4.78, 5) is 29.4. The molecule has 214 valence electrons. The number of quaternary nitrogens is 1. The minimum absolute atomic E-state index is 0.0164. The molecule has 3 aromatic carbocycles. The molecule has 8 heteroatoms. The minimum Gasteiger partial charge on any atom is -0.492 e. The Balaban J connectivity index is 1.38. The Labute approximate surface area is 241 Å². The highest BCUT2D eigenvalue weighted by atomic mass is 16.5. The van der Waals surface area contributed by atoms with E-state index in [0.29, 0.717) is 29.1 Å². The van der Waals surface area contributed by atoms with Gasteiger partial charge in [-0.05, 0) is 24.4 Å². The van der Waals surface area contributed by atoms with Gasteiger partial charge in [-0.25, -0.2) is 0 Å². The highest BCUT2D eigenvalue weighted by Gasteiger charge is 2.42. The summed E-state index contributed by atoms with van der Waals surface area (Å²) >= 11 is 0. The van der Waals surface area contributed by atoms with Crippen LogP contribution in [0, 0.1) is 12.3 Å². The van der Waals surface area contributed by atoms with E-state index in [1.807, 2.05) is 68.6 Å². The van der Waals surface area contributed by atoms with E-state index in [4.69, 9.17) is 14.6 Å². The van der Waals surface area contributed by atoms with Crippen molar-refractivity contribution in [2.45, 2.75) is 27.7 Å². The number of hydrogen-bond acceptors (Lipinski definition) is 6. The van der Waals surface area contributed by atoms with Gasteiger partial charge in [-0.2, -0.15) is 0 Å². The summed E-state index contributed by atoms with van der Waals surface area (Å²) in [7, 11) is 1.92. The molecule has 0 bridgehead atoms. The number of nitrogens with zero attached hydrogens (tertiary/aromatic N) is 3. The zero-order valence-corrected chi connectivity index (χ0v) is 24.6. The van der Waals surface area contributed by atoms with E-state index in [9.17, 15) is 9.59 Å². The van der Waals surface area contributed by atoms with Crippen LogP contribution in [-0.4, -0.2) is 68.8 Å². The third kappa shape index (κ3) is 6.10. The lowest BCUT2D eigenvalue weighted by Crippen LogP contribution is -2.46. The third-order valence-corrected chi connectivity index (χ3v) is 7.70. The standard InChI is InChI=1S/C33H38N4O4/c1-23-10-12-24(13-11-23)37(5)30(22-29(35-37)33(2,3)4)34-32(39)31(38)27-14-15-28(26-9-7-6-8-25(26)27)41-21-18-36-16-19-40-20-17-36/h6-15,22H,16-21H2,1-5H3/p+1. The average molecular weight is 556 g/mol. The fraction of sp³-hybridized carbons (Fsp3) is 0.364. The van der Waals surface area contributed by atoms with Gasteiger partial charge in [-0.1, -0.05) is 67.8 Å². The molecule has 2 heterocycles. The second-order valence-corrected chi connectivity index (χ2v) is 11.8. The summed E-state index contributed by atoms with van der Waals surface area (Å²) in [6.07, 6.45) is 1.88. The monoisotopic (exact) mass is 555 g/mol. The van der Waals surface area contributed by atoms with E-state index in [-0.39, 0.29) is 10.0 Å². The predicted molar refractivity (Wildman–Crippen MR) is 163 cm³/mol. The van der Waals surface area contributed by atoms with E-state index in [1.165, 1.54) is 0 Å². The molecule has 1 saturated heterocycles. The lowest BCUT2D eigenvalue weighted by Gasteiger charge is -2.26. The molecule has 8 nitrogen and oxygen atoms in total. The first-order valence-corrected chi connectivity index (χ1v) is 14.1. The van der Waals surface area contributed by atoms with Crippen molar-refractivity contribution < 1.29 is 19.1 Å². The third-order valence-electron chi connectivity index (χ3n) is 7.70. The van der Waals surface area contributed by atoms with Gasteiger partial charge in [0.15, 0.2) is 5.69 Å².